The maximum atomic E-state index is 11.8. The Morgan fingerprint density at radius 3 is 2.76 bits per heavy atom. The largest absolute Gasteiger partial charge is 0.384 e. The van der Waals surface area contributed by atoms with Crippen molar-refractivity contribution >= 4 is 18.3 Å². The molecule has 0 spiro atoms. The lowest BCUT2D eigenvalue weighted by molar-refractivity contribution is -0.129. The molecule has 1 saturated heterocycles. The quantitative estimate of drug-likeness (QED) is 0.774. The Bertz CT molecular complexity index is 247. The average molecular weight is 263 g/mol. The average Bonchev–Trinajstić information content (AvgIpc) is 2.97. The fourth-order valence-electron chi connectivity index (χ4n) is 2.25. The Labute approximate surface area is 109 Å². The Kier molecular flexibility index (Phi) is 6.23. The lowest BCUT2D eigenvalue weighted by Crippen LogP contribution is -2.37. The van der Waals surface area contributed by atoms with E-state index in [1.54, 1.807) is 7.11 Å². The first-order chi connectivity index (χ1) is 7.79. The van der Waals surface area contributed by atoms with Crippen LogP contribution in [0.5, 0.6) is 0 Å². The van der Waals surface area contributed by atoms with Crippen molar-refractivity contribution in [3.05, 3.63) is 0 Å². The Hall–Kier alpha value is -0.320. The summed E-state index contributed by atoms with van der Waals surface area (Å²) in [5.41, 5.74) is 0. The molecule has 1 aliphatic carbocycles. The molecule has 0 radical (unpaired) electrons. The third-order valence-electron chi connectivity index (χ3n) is 3.45. The van der Waals surface area contributed by atoms with Gasteiger partial charge in [-0.15, -0.1) is 12.4 Å². The highest BCUT2D eigenvalue weighted by Crippen LogP contribution is 2.27. The van der Waals surface area contributed by atoms with Crippen molar-refractivity contribution in [3.63, 3.8) is 0 Å². The van der Waals surface area contributed by atoms with Crippen LogP contribution in [0.1, 0.15) is 19.3 Å². The number of methoxy groups -OCH3 is 1. The highest BCUT2D eigenvalue weighted by molar-refractivity contribution is 5.85. The van der Waals surface area contributed by atoms with Gasteiger partial charge in [-0.25, -0.2) is 0 Å². The molecule has 17 heavy (non-hydrogen) atoms. The zero-order valence-electron chi connectivity index (χ0n) is 10.5. The van der Waals surface area contributed by atoms with Crippen LogP contribution in [0, 0.1) is 11.8 Å². The van der Waals surface area contributed by atoms with E-state index in [-0.39, 0.29) is 18.3 Å². The number of hydrogen-bond donors (Lipinski definition) is 1. The molecule has 0 aromatic rings. The van der Waals surface area contributed by atoms with E-state index in [9.17, 15) is 4.79 Å². The number of carbonyl (C=O) groups is 1. The van der Waals surface area contributed by atoms with Crippen molar-refractivity contribution in [1.82, 2.24) is 10.2 Å². The van der Waals surface area contributed by atoms with E-state index in [1.165, 1.54) is 12.8 Å². The van der Waals surface area contributed by atoms with Crippen LogP contribution in [0.25, 0.3) is 0 Å². The maximum Gasteiger partial charge on any atom is 0.236 e. The second-order valence-corrected chi connectivity index (χ2v) is 5.02. The Balaban J connectivity index is 0.00000144. The number of hydrogen-bond acceptors (Lipinski definition) is 3. The SMILES string of the molecule is COCC1CCN(C(=O)CNCC2CC2)C1.Cl. The highest BCUT2D eigenvalue weighted by atomic mass is 35.5. The van der Waals surface area contributed by atoms with Crippen LogP contribution in [-0.2, 0) is 9.53 Å². The van der Waals surface area contributed by atoms with Crippen LogP contribution in [0.2, 0.25) is 0 Å². The van der Waals surface area contributed by atoms with Gasteiger partial charge in [0.25, 0.3) is 0 Å². The lowest BCUT2D eigenvalue weighted by atomic mass is 10.1. The van der Waals surface area contributed by atoms with Crippen molar-refractivity contribution in [1.29, 1.82) is 0 Å². The van der Waals surface area contributed by atoms with Gasteiger partial charge in [0.05, 0.1) is 13.2 Å². The molecule has 0 aromatic carbocycles. The summed E-state index contributed by atoms with van der Waals surface area (Å²) in [5, 5.41) is 3.25. The predicted molar refractivity (Wildman–Crippen MR) is 69.4 cm³/mol. The summed E-state index contributed by atoms with van der Waals surface area (Å²) in [6.07, 6.45) is 3.75. The third-order valence-corrected chi connectivity index (χ3v) is 3.45. The van der Waals surface area contributed by atoms with Gasteiger partial charge >= 0.3 is 0 Å². The van der Waals surface area contributed by atoms with E-state index >= 15 is 0 Å². The number of nitrogens with zero attached hydrogens (tertiary/aromatic N) is 1. The number of nitrogens with one attached hydrogen (secondary N) is 1. The van der Waals surface area contributed by atoms with Crippen molar-refractivity contribution < 1.29 is 9.53 Å². The molecule has 1 unspecified atom stereocenters. The molecule has 1 aliphatic heterocycles. The molecule has 1 N–H and O–H groups in total. The molecule has 4 nitrogen and oxygen atoms in total. The maximum absolute atomic E-state index is 11.8. The predicted octanol–water partition coefficient (Wildman–Crippen LogP) is 0.903. The van der Waals surface area contributed by atoms with Gasteiger partial charge < -0.3 is 15.0 Å². The van der Waals surface area contributed by atoms with Crippen LogP contribution < -0.4 is 5.32 Å². The summed E-state index contributed by atoms with van der Waals surface area (Å²) in [5.74, 6) is 1.63. The minimum absolute atomic E-state index is 0. The summed E-state index contributed by atoms with van der Waals surface area (Å²) in [7, 11) is 1.72. The van der Waals surface area contributed by atoms with Crippen molar-refractivity contribution in [3.8, 4) is 0 Å². The van der Waals surface area contributed by atoms with Gasteiger partial charge in [0.15, 0.2) is 0 Å². The van der Waals surface area contributed by atoms with Gasteiger partial charge in [-0.1, -0.05) is 0 Å². The van der Waals surface area contributed by atoms with Crippen LogP contribution in [0.15, 0.2) is 0 Å². The van der Waals surface area contributed by atoms with Gasteiger partial charge in [-0.3, -0.25) is 4.79 Å². The molecule has 1 heterocycles. The zero-order chi connectivity index (χ0) is 11.4. The standard InChI is InChI=1S/C12H22N2O2.ClH/c1-16-9-11-4-5-14(8-11)12(15)7-13-6-10-2-3-10;/h10-11,13H,2-9H2,1H3;1H. The van der Waals surface area contributed by atoms with E-state index in [1.807, 2.05) is 4.90 Å². The van der Waals surface area contributed by atoms with E-state index in [0.717, 1.165) is 38.6 Å². The van der Waals surface area contributed by atoms with Crippen molar-refractivity contribution in [2.24, 2.45) is 11.8 Å². The first-order valence-corrected chi connectivity index (χ1v) is 6.27. The van der Waals surface area contributed by atoms with E-state index in [2.05, 4.69) is 5.32 Å². The van der Waals surface area contributed by atoms with Crippen LogP contribution >= 0.6 is 12.4 Å². The molecule has 100 valence electrons. The van der Waals surface area contributed by atoms with Crippen LogP contribution in [-0.4, -0.2) is 50.7 Å². The molecule has 2 aliphatic rings. The minimum Gasteiger partial charge on any atom is -0.384 e. The molecule has 1 saturated carbocycles. The van der Waals surface area contributed by atoms with Gasteiger partial charge in [-0.2, -0.15) is 0 Å². The molecule has 0 bridgehead atoms. The Morgan fingerprint density at radius 1 is 1.35 bits per heavy atom. The molecule has 0 aromatic heterocycles. The van der Waals surface area contributed by atoms with E-state index in [4.69, 9.17) is 4.74 Å². The third kappa shape index (κ3) is 4.82. The second-order valence-electron chi connectivity index (χ2n) is 5.02. The van der Waals surface area contributed by atoms with Gasteiger partial charge in [-0.05, 0) is 31.7 Å². The monoisotopic (exact) mass is 262 g/mol. The summed E-state index contributed by atoms with van der Waals surface area (Å²) >= 11 is 0. The minimum atomic E-state index is 0. The first kappa shape index (κ1) is 14.7. The Morgan fingerprint density at radius 2 is 2.12 bits per heavy atom. The molecule has 2 rings (SSSR count). The van der Waals surface area contributed by atoms with Crippen LogP contribution in [0.3, 0.4) is 0 Å². The zero-order valence-corrected chi connectivity index (χ0v) is 11.3. The smallest absolute Gasteiger partial charge is 0.236 e. The van der Waals surface area contributed by atoms with E-state index < -0.39 is 0 Å². The summed E-state index contributed by atoms with van der Waals surface area (Å²) in [4.78, 5) is 13.8. The van der Waals surface area contributed by atoms with Gasteiger partial charge in [0.2, 0.25) is 5.91 Å². The molecular formula is C12H23ClN2O2. The van der Waals surface area contributed by atoms with Crippen molar-refractivity contribution in [2.45, 2.75) is 19.3 Å². The molecule has 5 heteroatoms. The van der Waals surface area contributed by atoms with E-state index in [0.29, 0.717) is 12.5 Å². The fraction of sp³-hybridized carbons (Fsp3) is 0.917. The molecule has 2 fully saturated rings. The second kappa shape index (κ2) is 7.19. The topological polar surface area (TPSA) is 41.6 Å². The molecule has 1 atom stereocenters. The van der Waals surface area contributed by atoms with Crippen molar-refractivity contribution in [2.75, 3.05) is 39.9 Å². The number of rotatable bonds is 6. The summed E-state index contributed by atoms with van der Waals surface area (Å²) in [6, 6.07) is 0. The fourth-order valence-corrected chi connectivity index (χ4v) is 2.25. The number of amides is 1. The van der Waals surface area contributed by atoms with Gasteiger partial charge in [0.1, 0.15) is 0 Å². The molecular weight excluding hydrogens is 240 g/mol. The number of ether oxygens (including phenoxy) is 1. The number of halogens is 1. The highest BCUT2D eigenvalue weighted by Gasteiger charge is 2.26. The lowest BCUT2D eigenvalue weighted by Gasteiger charge is -2.16. The number of likely N-dealkylation sites (tertiary alicyclic amines) is 1. The summed E-state index contributed by atoms with van der Waals surface area (Å²) in [6.45, 7) is 4.08. The van der Waals surface area contributed by atoms with Crippen LogP contribution in [0.4, 0.5) is 0 Å². The van der Waals surface area contributed by atoms with Gasteiger partial charge in [0, 0.05) is 26.1 Å². The summed E-state index contributed by atoms with van der Waals surface area (Å²) < 4.78 is 5.12. The normalized spacial score (nSPS) is 23.6. The molecule has 1 amide bonds. The number of carbonyl (C=O) groups excluding carboxylic acids is 1. The first-order valence-electron chi connectivity index (χ1n) is 6.27.